The first-order valence-corrected chi connectivity index (χ1v) is 8.57. The second kappa shape index (κ2) is 9.49. The van der Waals surface area contributed by atoms with Gasteiger partial charge in [0.1, 0.15) is 0 Å². The first-order valence-electron chi connectivity index (χ1n) is 8.57. The van der Waals surface area contributed by atoms with Gasteiger partial charge in [-0.25, -0.2) is 17.6 Å². The summed E-state index contributed by atoms with van der Waals surface area (Å²) in [7, 11) is 0. The van der Waals surface area contributed by atoms with Crippen molar-refractivity contribution in [2.24, 2.45) is 0 Å². The van der Waals surface area contributed by atoms with E-state index in [-0.39, 0.29) is 18.6 Å². The van der Waals surface area contributed by atoms with Crippen molar-refractivity contribution in [3.05, 3.63) is 77.0 Å². The summed E-state index contributed by atoms with van der Waals surface area (Å²) in [5.74, 6) is 0. The molecule has 144 valence electrons. The average Bonchev–Trinajstić information content (AvgIpc) is 2.67. The Morgan fingerprint density at radius 3 is 2.07 bits per heavy atom. The number of aryl methyl sites for hydroxylation is 2. The van der Waals surface area contributed by atoms with Crippen LogP contribution in [0.5, 0.6) is 0 Å². The van der Waals surface area contributed by atoms with Gasteiger partial charge < -0.3 is 0 Å². The molecule has 3 aromatic rings. The summed E-state index contributed by atoms with van der Waals surface area (Å²) in [5.41, 5.74) is 3.19. The van der Waals surface area contributed by atoms with Gasteiger partial charge in [0, 0.05) is 22.7 Å². The fraction of sp³-hybridized carbons (Fsp3) is 0.318. The largest absolute Gasteiger partial charge is 0.263 e. The lowest BCUT2D eigenvalue weighted by Gasteiger charge is -2.16. The molecule has 0 saturated heterocycles. The maximum Gasteiger partial charge on any atom is 0.263 e. The van der Waals surface area contributed by atoms with E-state index in [1.165, 1.54) is 24.1 Å². The Kier molecular flexibility index (Phi) is 7.34. The van der Waals surface area contributed by atoms with Crippen LogP contribution in [-0.4, -0.2) is 4.98 Å². The maximum absolute atomic E-state index is 12.3. The molecular weight excluding hydrogens is 354 g/mol. The van der Waals surface area contributed by atoms with E-state index in [9.17, 15) is 17.6 Å². The van der Waals surface area contributed by atoms with Crippen LogP contribution in [0, 0.1) is 0 Å². The van der Waals surface area contributed by atoms with Gasteiger partial charge in [0.15, 0.2) is 0 Å². The van der Waals surface area contributed by atoms with Crippen molar-refractivity contribution in [3.63, 3.8) is 0 Å². The van der Waals surface area contributed by atoms with Crippen molar-refractivity contribution in [2.45, 2.75) is 46.0 Å². The molecule has 1 aliphatic rings. The Balaban J connectivity index is 0.000000187. The molecule has 0 fully saturated rings. The van der Waals surface area contributed by atoms with E-state index in [4.69, 9.17) is 0 Å². The number of hydrogen-bond donors (Lipinski definition) is 0. The first kappa shape index (κ1) is 20.9. The van der Waals surface area contributed by atoms with Gasteiger partial charge in [-0.1, -0.05) is 37.8 Å². The van der Waals surface area contributed by atoms with Crippen molar-refractivity contribution in [1.82, 2.24) is 4.98 Å². The highest BCUT2D eigenvalue weighted by molar-refractivity contribution is 5.78. The van der Waals surface area contributed by atoms with Crippen molar-refractivity contribution in [3.8, 4) is 0 Å². The highest BCUT2D eigenvalue weighted by Gasteiger charge is 2.13. The molecule has 1 heterocycles. The number of nitrogens with zero attached hydrogens (tertiary/aromatic N) is 1. The molecule has 0 bridgehead atoms. The molecule has 2 aromatic carbocycles. The smallest absolute Gasteiger partial charge is 0.256 e. The molecule has 0 amide bonds. The second-order valence-corrected chi connectivity index (χ2v) is 6.29. The molecular formula is C22H23F4N. The van der Waals surface area contributed by atoms with E-state index < -0.39 is 12.9 Å². The molecule has 27 heavy (non-hydrogen) atoms. The molecule has 1 aliphatic carbocycles. The van der Waals surface area contributed by atoms with Crippen LogP contribution in [0.25, 0.3) is 10.9 Å². The van der Waals surface area contributed by atoms with Crippen LogP contribution >= 0.6 is 0 Å². The van der Waals surface area contributed by atoms with Crippen LogP contribution in [0.4, 0.5) is 17.6 Å². The second-order valence-electron chi connectivity index (χ2n) is 6.29. The summed E-state index contributed by atoms with van der Waals surface area (Å²) >= 11 is 0. The first-order chi connectivity index (χ1) is 12.5. The number of pyridine rings is 1. The van der Waals surface area contributed by atoms with E-state index in [0.717, 1.165) is 30.2 Å². The molecule has 5 heteroatoms. The Labute approximate surface area is 157 Å². The molecule has 0 saturated carbocycles. The maximum atomic E-state index is 12.3. The monoisotopic (exact) mass is 377 g/mol. The lowest BCUT2D eigenvalue weighted by molar-refractivity contribution is 0.151. The number of alkyl halides is 4. The fourth-order valence-electron chi connectivity index (χ4n) is 3.11. The van der Waals surface area contributed by atoms with E-state index >= 15 is 0 Å². The van der Waals surface area contributed by atoms with Gasteiger partial charge in [-0.05, 0) is 55.0 Å². The highest BCUT2D eigenvalue weighted by atomic mass is 19.3. The molecule has 0 N–H and O–H groups in total. The summed E-state index contributed by atoms with van der Waals surface area (Å²) in [6.07, 6.45) is 1.20. The number of fused-ring (bicyclic) bond motifs is 2. The summed E-state index contributed by atoms with van der Waals surface area (Å²) in [4.78, 5) is 3.99. The van der Waals surface area contributed by atoms with Gasteiger partial charge in [-0.2, -0.15) is 0 Å². The van der Waals surface area contributed by atoms with Gasteiger partial charge in [0.25, 0.3) is 12.9 Å². The van der Waals surface area contributed by atoms with E-state index in [1.807, 2.05) is 12.1 Å². The molecule has 0 atom stereocenters. The van der Waals surface area contributed by atoms with Crippen LogP contribution in [-0.2, 0) is 12.8 Å². The van der Waals surface area contributed by atoms with Gasteiger partial charge in [-0.15, -0.1) is 0 Å². The van der Waals surface area contributed by atoms with E-state index in [0.29, 0.717) is 5.52 Å². The molecule has 4 rings (SSSR count). The normalized spacial score (nSPS) is 13.0. The summed E-state index contributed by atoms with van der Waals surface area (Å²) in [5, 5.41) is 0.881. The Morgan fingerprint density at radius 2 is 1.37 bits per heavy atom. The van der Waals surface area contributed by atoms with Crippen molar-refractivity contribution < 1.29 is 17.6 Å². The molecule has 1 aromatic heterocycles. The van der Waals surface area contributed by atoms with Crippen LogP contribution in [0.3, 0.4) is 0 Å². The minimum atomic E-state index is -2.42. The zero-order valence-corrected chi connectivity index (χ0v) is 14.1. The minimum absolute atomic E-state index is 0. The van der Waals surface area contributed by atoms with Crippen molar-refractivity contribution in [2.75, 3.05) is 0 Å². The summed E-state index contributed by atoms with van der Waals surface area (Å²) < 4.78 is 49.2. The lowest BCUT2D eigenvalue weighted by atomic mass is 9.90. The number of halogens is 4. The number of benzene rings is 2. The van der Waals surface area contributed by atoms with Gasteiger partial charge in [-0.3, -0.25) is 4.98 Å². The van der Waals surface area contributed by atoms with Gasteiger partial charge >= 0.3 is 0 Å². The predicted molar refractivity (Wildman–Crippen MR) is 101 cm³/mol. The molecule has 0 unspecified atom stereocenters. The zero-order valence-electron chi connectivity index (χ0n) is 14.1. The minimum Gasteiger partial charge on any atom is -0.256 e. The summed E-state index contributed by atoms with van der Waals surface area (Å²) in [6, 6.07) is 13.2. The van der Waals surface area contributed by atoms with Crippen molar-refractivity contribution in [1.29, 1.82) is 0 Å². The Bertz CT molecular complexity index is 877. The third kappa shape index (κ3) is 5.28. The quantitative estimate of drug-likeness (QED) is 0.427. The average molecular weight is 377 g/mol. The van der Waals surface area contributed by atoms with E-state index in [2.05, 4.69) is 4.98 Å². The third-order valence-electron chi connectivity index (χ3n) is 4.51. The van der Waals surface area contributed by atoms with Crippen LogP contribution in [0.2, 0.25) is 0 Å². The molecule has 0 spiro atoms. The van der Waals surface area contributed by atoms with Crippen LogP contribution < -0.4 is 0 Å². The van der Waals surface area contributed by atoms with Crippen LogP contribution in [0.15, 0.2) is 54.7 Å². The standard InChI is InChI=1S/C11H12F2.C10H7F2N.CH4/c12-11(13)10-6-5-8-3-1-2-4-9(8)7-10;11-10(12)8-4-3-7-2-1-5-13-9(7)6-8;/h5-7,11H,1-4H2;1-6,10H;1H4. The van der Waals surface area contributed by atoms with Crippen LogP contribution in [0.1, 0.15) is 55.4 Å². The Hall–Kier alpha value is -2.43. The predicted octanol–water partition coefficient (Wildman–Crippen LogP) is 7.31. The number of aromatic nitrogens is 1. The van der Waals surface area contributed by atoms with E-state index in [1.54, 1.807) is 30.5 Å². The topological polar surface area (TPSA) is 12.9 Å². The zero-order chi connectivity index (χ0) is 18.5. The number of hydrogen-bond acceptors (Lipinski definition) is 1. The molecule has 0 radical (unpaired) electrons. The highest BCUT2D eigenvalue weighted by Crippen LogP contribution is 2.26. The van der Waals surface area contributed by atoms with Crippen molar-refractivity contribution >= 4 is 10.9 Å². The fourth-order valence-corrected chi connectivity index (χ4v) is 3.11. The lowest BCUT2D eigenvalue weighted by Crippen LogP contribution is -2.03. The number of rotatable bonds is 2. The van der Waals surface area contributed by atoms with Gasteiger partial charge in [0.2, 0.25) is 0 Å². The van der Waals surface area contributed by atoms with Gasteiger partial charge in [0.05, 0.1) is 5.52 Å². The third-order valence-corrected chi connectivity index (χ3v) is 4.51. The molecule has 1 nitrogen and oxygen atoms in total. The SMILES string of the molecule is C.FC(F)c1ccc2c(c1)CCCC2.FC(F)c1ccc2cccnc2c1. The summed E-state index contributed by atoms with van der Waals surface area (Å²) in [6.45, 7) is 0. The molecule has 0 aliphatic heterocycles. The Morgan fingerprint density at radius 1 is 0.741 bits per heavy atom.